The van der Waals surface area contributed by atoms with Crippen LogP contribution in [0.25, 0.3) is 0 Å². The Hall–Kier alpha value is -3.84. The summed E-state index contributed by atoms with van der Waals surface area (Å²) in [6.07, 6.45) is 1.40. The minimum atomic E-state index is -0.400. The number of nitrogens with zero attached hydrogens (tertiary/aromatic N) is 1. The quantitative estimate of drug-likeness (QED) is 0.371. The van der Waals surface area contributed by atoms with Gasteiger partial charge in [0.25, 0.3) is 11.8 Å². The van der Waals surface area contributed by atoms with E-state index in [0.29, 0.717) is 27.6 Å². The van der Waals surface area contributed by atoms with Crippen molar-refractivity contribution in [2.24, 2.45) is 5.10 Å². The predicted octanol–water partition coefficient (Wildman–Crippen LogP) is 4.75. The van der Waals surface area contributed by atoms with Gasteiger partial charge in [-0.1, -0.05) is 29.8 Å². The van der Waals surface area contributed by atoms with Gasteiger partial charge < -0.3 is 14.8 Å². The summed E-state index contributed by atoms with van der Waals surface area (Å²) in [5.74, 6) is 0.265. The molecule has 170 valence electrons. The lowest BCUT2D eigenvalue weighted by atomic mass is 10.1. The molecule has 3 aromatic rings. The average Bonchev–Trinajstić information content (AvgIpc) is 2.81. The third-order valence-corrected chi connectivity index (χ3v) is 5.15. The number of anilines is 1. The molecule has 0 aliphatic carbocycles. The van der Waals surface area contributed by atoms with Crippen LogP contribution in [0, 0.1) is 13.8 Å². The van der Waals surface area contributed by atoms with E-state index < -0.39 is 5.91 Å². The van der Waals surface area contributed by atoms with Crippen molar-refractivity contribution in [1.29, 1.82) is 0 Å². The van der Waals surface area contributed by atoms with Crippen molar-refractivity contribution in [3.05, 3.63) is 87.9 Å². The Morgan fingerprint density at radius 1 is 1.06 bits per heavy atom. The number of aryl methyl sites for hydroxylation is 1. The van der Waals surface area contributed by atoms with E-state index in [0.717, 1.165) is 16.8 Å². The van der Waals surface area contributed by atoms with Crippen molar-refractivity contribution < 1.29 is 19.1 Å². The maximum Gasteiger partial charge on any atom is 0.271 e. The molecule has 3 aromatic carbocycles. The van der Waals surface area contributed by atoms with Gasteiger partial charge >= 0.3 is 0 Å². The van der Waals surface area contributed by atoms with Crippen LogP contribution in [0.3, 0.4) is 0 Å². The van der Waals surface area contributed by atoms with Gasteiger partial charge in [0.05, 0.1) is 13.3 Å². The summed E-state index contributed by atoms with van der Waals surface area (Å²) < 4.78 is 10.8. The number of hydrogen-bond donors (Lipinski definition) is 2. The smallest absolute Gasteiger partial charge is 0.271 e. The van der Waals surface area contributed by atoms with Gasteiger partial charge in [0.2, 0.25) is 0 Å². The van der Waals surface area contributed by atoms with Crippen molar-refractivity contribution in [3.63, 3.8) is 0 Å². The summed E-state index contributed by atoms with van der Waals surface area (Å²) in [6.45, 7) is 3.72. The molecule has 0 radical (unpaired) electrons. The first kappa shape index (κ1) is 23.8. The van der Waals surface area contributed by atoms with Crippen molar-refractivity contribution in [1.82, 2.24) is 5.43 Å². The number of carbonyl (C=O) groups excluding carboxylic acids is 2. The highest BCUT2D eigenvalue weighted by molar-refractivity contribution is 6.30. The van der Waals surface area contributed by atoms with Crippen molar-refractivity contribution in [2.45, 2.75) is 13.8 Å². The molecule has 0 fully saturated rings. The predicted molar refractivity (Wildman–Crippen MR) is 130 cm³/mol. The molecule has 0 unspecified atom stereocenters. The normalized spacial score (nSPS) is 10.7. The topological polar surface area (TPSA) is 89.0 Å². The lowest BCUT2D eigenvalue weighted by Gasteiger charge is -2.12. The molecule has 0 aliphatic heterocycles. The second kappa shape index (κ2) is 11.2. The van der Waals surface area contributed by atoms with Crippen LogP contribution in [-0.4, -0.2) is 31.7 Å². The highest BCUT2D eigenvalue weighted by Gasteiger charge is 2.10. The molecular formula is C25H24ClN3O4. The van der Waals surface area contributed by atoms with Gasteiger partial charge in [0.1, 0.15) is 11.5 Å². The summed E-state index contributed by atoms with van der Waals surface area (Å²) in [4.78, 5) is 24.7. The van der Waals surface area contributed by atoms with Gasteiger partial charge in [0, 0.05) is 21.8 Å². The highest BCUT2D eigenvalue weighted by Crippen LogP contribution is 2.22. The molecule has 8 heteroatoms. The molecule has 0 spiro atoms. The molecule has 0 aliphatic rings. The van der Waals surface area contributed by atoms with Gasteiger partial charge in [-0.2, -0.15) is 5.10 Å². The van der Waals surface area contributed by atoms with E-state index in [9.17, 15) is 9.59 Å². The van der Waals surface area contributed by atoms with Gasteiger partial charge in [0.15, 0.2) is 6.61 Å². The number of hydrogen-bond acceptors (Lipinski definition) is 5. The van der Waals surface area contributed by atoms with Gasteiger partial charge in [-0.15, -0.1) is 0 Å². The zero-order chi connectivity index (χ0) is 23.8. The molecular weight excluding hydrogens is 442 g/mol. The molecule has 3 rings (SSSR count). The van der Waals surface area contributed by atoms with Crippen LogP contribution in [0.5, 0.6) is 11.5 Å². The second-order valence-electron chi connectivity index (χ2n) is 7.20. The zero-order valence-electron chi connectivity index (χ0n) is 18.5. The first-order chi connectivity index (χ1) is 15.9. The van der Waals surface area contributed by atoms with E-state index in [1.165, 1.54) is 13.3 Å². The Morgan fingerprint density at radius 2 is 1.85 bits per heavy atom. The average molecular weight is 466 g/mol. The minimum absolute atomic E-state index is 0.202. The number of amides is 2. The Kier molecular flexibility index (Phi) is 8.05. The molecule has 2 amide bonds. The Balaban J connectivity index is 1.64. The summed E-state index contributed by atoms with van der Waals surface area (Å²) >= 11 is 6.09. The van der Waals surface area contributed by atoms with Crippen molar-refractivity contribution >= 4 is 35.3 Å². The molecule has 0 saturated heterocycles. The fraction of sp³-hybridized carbons (Fsp3) is 0.160. The van der Waals surface area contributed by atoms with Crippen LogP contribution in [0.2, 0.25) is 5.02 Å². The Labute approximate surface area is 197 Å². The number of nitrogens with one attached hydrogen (secondary N) is 2. The standard InChI is InChI=1S/C25H24ClN3O4/c1-16-6-4-9-22(17(16)2)28-24(30)15-33-23-11-10-20(26)12-19(23)14-27-29-25(31)18-7-5-8-21(13-18)32-3/h4-14H,15H2,1-3H3,(H,28,30)(H,29,31)/b27-14+. The van der Waals surface area contributed by atoms with Crippen LogP contribution in [0.1, 0.15) is 27.0 Å². The first-order valence-corrected chi connectivity index (χ1v) is 10.5. The lowest BCUT2D eigenvalue weighted by molar-refractivity contribution is -0.118. The van der Waals surface area contributed by atoms with Gasteiger partial charge in [-0.05, 0) is 67.4 Å². The zero-order valence-corrected chi connectivity index (χ0v) is 19.3. The number of ether oxygens (including phenoxy) is 2. The van der Waals surface area contributed by atoms with Gasteiger partial charge in [-0.25, -0.2) is 5.43 Å². The molecule has 0 bridgehead atoms. The number of methoxy groups -OCH3 is 1. The van der Waals surface area contributed by atoms with Crippen LogP contribution >= 0.6 is 11.6 Å². The van der Waals surface area contributed by atoms with Gasteiger partial charge in [-0.3, -0.25) is 9.59 Å². The fourth-order valence-electron chi connectivity index (χ4n) is 2.96. The van der Waals surface area contributed by atoms with E-state index in [1.807, 2.05) is 32.0 Å². The number of halogens is 1. The number of hydrazone groups is 1. The molecule has 7 nitrogen and oxygen atoms in total. The largest absolute Gasteiger partial charge is 0.497 e. The summed E-state index contributed by atoms with van der Waals surface area (Å²) in [6, 6.07) is 17.3. The summed E-state index contributed by atoms with van der Waals surface area (Å²) in [7, 11) is 1.53. The summed E-state index contributed by atoms with van der Waals surface area (Å²) in [5, 5.41) is 7.29. The second-order valence-corrected chi connectivity index (χ2v) is 7.63. The van der Waals surface area contributed by atoms with Crippen molar-refractivity contribution in [3.8, 4) is 11.5 Å². The maximum absolute atomic E-state index is 12.4. The number of benzene rings is 3. The van der Waals surface area contributed by atoms with Crippen LogP contribution < -0.4 is 20.2 Å². The van der Waals surface area contributed by atoms with Crippen LogP contribution in [0.4, 0.5) is 5.69 Å². The molecule has 0 atom stereocenters. The van der Waals surface area contributed by atoms with E-state index in [1.54, 1.807) is 42.5 Å². The molecule has 0 heterocycles. The van der Waals surface area contributed by atoms with Crippen LogP contribution in [-0.2, 0) is 4.79 Å². The number of rotatable bonds is 8. The van der Waals surface area contributed by atoms with Crippen LogP contribution in [0.15, 0.2) is 65.8 Å². The molecule has 0 saturated carbocycles. The minimum Gasteiger partial charge on any atom is -0.497 e. The highest BCUT2D eigenvalue weighted by atomic mass is 35.5. The first-order valence-electron chi connectivity index (χ1n) is 10.1. The van der Waals surface area contributed by atoms with E-state index in [-0.39, 0.29) is 12.5 Å². The van der Waals surface area contributed by atoms with Crippen molar-refractivity contribution in [2.75, 3.05) is 19.0 Å². The molecule has 0 aromatic heterocycles. The van der Waals surface area contributed by atoms with E-state index in [4.69, 9.17) is 21.1 Å². The lowest BCUT2D eigenvalue weighted by Crippen LogP contribution is -2.21. The Bertz CT molecular complexity index is 1190. The fourth-order valence-corrected chi connectivity index (χ4v) is 3.14. The third-order valence-electron chi connectivity index (χ3n) is 4.91. The maximum atomic E-state index is 12.4. The Morgan fingerprint density at radius 3 is 2.64 bits per heavy atom. The third kappa shape index (κ3) is 6.57. The van der Waals surface area contributed by atoms with E-state index in [2.05, 4.69) is 15.8 Å². The monoisotopic (exact) mass is 465 g/mol. The molecule has 2 N–H and O–H groups in total. The van der Waals surface area contributed by atoms with E-state index >= 15 is 0 Å². The molecule has 33 heavy (non-hydrogen) atoms. The SMILES string of the molecule is COc1cccc(C(=O)N/N=C/c2cc(Cl)ccc2OCC(=O)Nc2cccc(C)c2C)c1. The summed E-state index contributed by atoms with van der Waals surface area (Å²) in [5.41, 5.74) is 6.18. The number of carbonyl (C=O) groups is 2.